The Morgan fingerprint density at radius 3 is 2.49 bits per heavy atom. The van der Waals surface area contributed by atoms with Crippen LogP contribution >= 0.6 is 0 Å². The third-order valence-corrected chi connectivity index (χ3v) is 9.04. The number of benzene rings is 1. The Hall–Kier alpha value is -2.70. The predicted molar refractivity (Wildman–Crippen MR) is 143 cm³/mol. The van der Waals surface area contributed by atoms with Crippen molar-refractivity contribution >= 4 is 33.6 Å². The number of aliphatic imine (C=N–C) groups is 1. The number of nitrogens with one attached hydrogen (secondary N) is 3. The highest BCUT2D eigenvalue weighted by Gasteiger charge is 2.35. The molecule has 2 aromatic rings. The maximum atomic E-state index is 14.9. The highest BCUT2D eigenvalue weighted by molar-refractivity contribution is 7.89. The van der Waals surface area contributed by atoms with Crippen LogP contribution in [0, 0.1) is 11.6 Å². The third kappa shape index (κ3) is 6.42. The van der Waals surface area contributed by atoms with E-state index in [0.29, 0.717) is 44.5 Å². The van der Waals surface area contributed by atoms with Gasteiger partial charge in [0.05, 0.1) is 17.1 Å². The Labute approximate surface area is 217 Å². The third-order valence-electron chi connectivity index (χ3n) is 6.64. The van der Waals surface area contributed by atoms with Gasteiger partial charge < -0.3 is 16.0 Å². The van der Waals surface area contributed by atoms with Crippen molar-refractivity contribution in [1.82, 2.24) is 19.6 Å². The van der Waals surface area contributed by atoms with Crippen LogP contribution < -0.4 is 16.0 Å². The van der Waals surface area contributed by atoms with E-state index in [1.54, 1.807) is 17.3 Å². The molecule has 1 aromatic heterocycles. The summed E-state index contributed by atoms with van der Waals surface area (Å²) in [7, 11) is -3.32. The number of nitrogens with zero attached hydrogens (tertiary/aromatic N) is 4. The average molecular weight is 536 g/mol. The number of aromatic nitrogens is 2. The molecule has 0 aliphatic carbocycles. The molecule has 2 aliphatic rings. The van der Waals surface area contributed by atoms with Crippen molar-refractivity contribution < 1.29 is 17.2 Å². The topological polar surface area (TPSA) is 112 Å². The smallest absolute Gasteiger partial charge is 0.223 e. The van der Waals surface area contributed by atoms with Gasteiger partial charge in [-0.25, -0.2) is 31.5 Å². The van der Waals surface area contributed by atoms with Crippen molar-refractivity contribution in [2.24, 2.45) is 4.99 Å². The second-order valence-electron chi connectivity index (χ2n) is 9.74. The van der Waals surface area contributed by atoms with Crippen LogP contribution in [0.15, 0.2) is 23.3 Å². The molecule has 3 heterocycles. The fourth-order valence-corrected chi connectivity index (χ4v) is 6.77. The first-order chi connectivity index (χ1) is 17.7. The van der Waals surface area contributed by atoms with E-state index in [0.717, 1.165) is 19.3 Å². The molecule has 0 saturated carbocycles. The van der Waals surface area contributed by atoms with Gasteiger partial charge in [-0.1, -0.05) is 0 Å². The van der Waals surface area contributed by atoms with E-state index in [1.807, 2.05) is 13.8 Å². The highest BCUT2D eigenvalue weighted by Crippen LogP contribution is 2.35. The van der Waals surface area contributed by atoms with Gasteiger partial charge in [0.2, 0.25) is 16.0 Å². The summed E-state index contributed by atoms with van der Waals surface area (Å²) < 4.78 is 57.3. The molecule has 3 N–H and O–H groups in total. The molecule has 9 nitrogen and oxygen atoms in total. The van der Waals surface area contributed by atoms with Crippen molar-refractivity contribution in [1.29, 1.82) is 0 Å². The van der Waals surface area contributed by atoms with Crippen LogP contribution in [-0.2, 0) is 10.0 Å². The highest BCUT2D eigenvalue weighted by atomic mass is 32.2. The summed E-state index contributed by atoms with van der Waals surface area (Å²) in [4.78, 5) is 12.5. The van der Waals surface area contributed by atoms with Crippen LogP contribution in [0.2, 0.25) is 0 Å². The molecule has 2 aliphatic heterocycles. The van der Waals surface area contributed by atoms with Crippen molar-refractivity contribution in [2.75, 3.05) is 36.8 Å². The van der Waals surface area contributed by atoms with Gasteiger partial charge in [0, 0.05) is 37.0 Å². The number of piperidine rings is 2. The van der Waals surface area contributed by atoms with E-state index >= 15 is 0 Å². The van der Waals surface area contributed by atoms with Gasteiger partial charge >= 0.3 is 0 Å². The summed E-state index contributed by atoms with van der Waals surface area (Å²) in [6.07, 6.45) is 5.00. The van der Waals surface area contributed by atoms with Crippen molar-refractivity contribution in [3.8, 4) is 11.3 Å². The standard InChI is InChI=1S/C25H35F2N7O2S/c1-4-29-24-20(26)13-17(14-22(24)31-16(2)3)23-21(27)15-30-25(33-23)32-18-7-11-34(12-8-18)37(35,36)19-5-9-28-10-6-19/h4,13-16,18-19,28,31H,5-12H2,1-3H3,(H,30,32,33). The van der Waals surface area contributed by atoms with Gasteiger partial charge in [-0.05, 0) is 71.7 Å². The van der Waals surface area contributed by atoms with E-state index in [-0.39, 0.29) is 40.2 Å². The quantitative estimate of drug-likeness (QED) is 0.439. The lowest BCUT2D eigenvalue weighted by molar-refractivity contribution is 0.320. The SMILES string of the molecule is CC=Nc1c(F)cc(-c2nc(NC3CCN(S(=O)(=O)C4CCNCC4)CC3)ncc2F)cc1NC(C)C. The maximum absolute atomic E-state index is 14.9. The lowest BCUT2D eigenvalue weighted by atomic mass is 10.1. The van der Waals surface area contributed by atoms with E-state index in [9.17, 15) is 17.2 Å². The minimum atomic E-state index is -3.32. The maximum Gasteiger partial charge on any atom is 0.223 e. The summed E-state index contributed by atoms with van der Waals surface area (Å²) in [6, 6.07) is 2.80. The molecular formula is C25H35F2N7O2S. The van der Waals surface area contributed by atoms with Crippen LogP contribution in [0.3, 0.4) is 0 Å². The van der Waals surface area contributed by atoms with Crippen LogP contribution in [0.25, 0.3) is 11.3 Å². The number of sulfonamides is 1. The monoisotopic (exact) mass is 535 g/mol. The Morgan fingerprint density at radius 2 is 1.84 bits per heavy atom. The largest absolute Gasteiger partial charge is 0.381 e. The molecule has 4 rings (SSSR count). The molecule has 0 amide bonds. The Balaban J connectivity index is 1.49. The number of halogens is 2. The summed E-state index contributed by atoms with van der Waals surface area (Å²) in [5, 5.41) is 9.24. The summed E-state index contributed by atoms with van der Waals surface area (Å²) in [6.45, 7) is 7.79. The van der Waals surface area contributed by atoms with E-state index in [4.69, 9.17) is 0 Å². The zero-order chi connectivity index (χ0) is 26.6. The molecule has 2 fully saturated rings. The first kappa shape index (κ1) is 27.3. The molecule has 0 bridgehead atoms. The molecule has 0 unspecified atom stereocenters. The van der Waals surface area contributed by atoms with E-state index in [2.05, 4.69) is 30.9 Å². The van der Waals surface area contributed by atoms with E-state index in [1.165, 1.54) is 12.3 Å². The normalized spacial score (nSPS) is 18.5. The Kier molecular flexibility index (Phi) is 8.71. The van der Waals surface area contributed by atoms with Gasteiger partial charge in [0.1, 0.15) is 11.4 Å². The zero-order valence-corrected chi connectivity index (χ0v) is 22.3. The van der Waals surface area contributed by atoms with Gasteiger partial charge in [-0.15, -0.1) is 0 Å². The van der Waals surface area contributed by atoms with Gasteiger partial charge in [-0.2, -0.15) is 0 Å². The minimum Gasteiger partial charge on any atom is -0.381 e. The first-order valence-electron chi connectivity index (χ1n) is 12.8. The number of rotatable bonds is 8. The second kappa shape index (κ2) is 11.8. The lowest BCUT2D eigenvalue weighted by Gasteiger charge is -2.35. The fourth-order valence-electron chi connectivity index (χ4n) is 4.80. The summed E-state index contributed by atoms with van der Waals surface area (Å²) in [5.74, 6) is -1.05. The molecule has 12 heteroatoms. The molecule has 0 radical (unpaired) electrons. The van der Waals surface area contributed by atoms with Gasteiger partial charge in [-0.3, -0.25) is 4.99 Å². The van der Waals surface area contributed by atoms with Crippen molar-refractivity contribution in [3.05, 3.63) is 30.0 Å². The Morgan fingerprint density at radius 1 is 1.14 bits per heavy atom. The van der Waals surface area contributed by atoms with Gasteiger partial charge in [0.25, 0.3) is 0 Å². The van der Waals surface area contributed by atoms with Crippen LogP contribution in [-0.4, -0.2) is 72.4 Å². The molecular weight excluding hydrogens is 500 g/mol. The van der Waals surface area contributed by atoms with Crippen LogP contribution in [0.1, 0.15) is 46.5 Å². The molecule has 0 spiro atoms. The van der Waals surface area contributed by atoms with E-state index < -0.39 is 21.7 Å². The molecule has 0 atom stereocenters. The summed E-state index contributed by atoms with van der Waals surface area (Å²) in [5.41, 5.74) is 0.833. The summed E-state index contributed by atoms with van der Waals surface area (Å²) >= 11 is 0. The van der Waals surface area contributed by atoms with Gasteiger partial charge in [0.15, 0.2) is 11.6 Å². The molecule has 37 heavy (non-hydrogen) atoms. The molecule has 1 aromatic carbocycles. The lowest BCUT2D eigenvalue weighted by Crippen LogP contribution is -2.48. The number of hydrogen-bond donors (Lipinski definition) is 3. The molecule has 202 valence electrons. The predicted octanol–water partition coefficient (Wildman–Crippen LogP) is 3.92. The average Bonchev–Trinajstić information content (AvgIpc) is 2.87. The van der Waals surface area contributed by atoms with Crippen LogP contribution in [0.5, 0.6) is 0 Å². The Bertz CT molecular complexity index is 1230. The number of hydrogen-bond acceptors (Lipinski definition) is 8. The number of anilines is 2. The fraction of sp³-hybridized carbons (Fsp3) is 0.560. The van der Waals surface area contributed by atoms with Crippen molar-refractivity contribution in [2.45, 2.75) is 63.8 Å². The molecule has 2 saturated heterocycles. The zero-order valence-electron chi connectivity index (χ0n) is 21.5. The first-order valence-corrected chi connectivity index (χ1v) is 14.3. The second-order valence-corrected chi connectivity index (χ2v) is 12.0. The van der Waals surface area contributed by atoms with Crippen LogP contribution in [0.4, 0.5) is 26.1 Å². The van der Waals surface area contributed by atoms with Crippen molar-refractivity contribution in [3.63, 3.8) is 0 Å². The minimum absolute atomic E-state index is 0.0115.